The van der Waals surface area contributed by atoms with Crippen LogP contribution in [-0.4, -0.2) is 10.3 Å². The van der Waals surface area contributed by atoms with Gasteiger partial charge in [0, 0.05) is 22.9 Å². The number of nitro groups is 1. The molecule has 2 unspecified atom stereocenters. The fourth-order valence-corrected chi connectivity index (χ4v) is 2.72. The van der Waals surface area contributed by atoms with Crippen LogP contribution in [0.4, 0.5) is 18.9 Å². The first kappa shape index (κ1) is 16.8. The van der Waals surface area contributed by atoms with E-state index in [2.05, 4.69) is 0 Å². The molecule has 2 atom stereocenters. The van der Waals surface area contributed by atoms with Gasteiger partial charge < -0.3 is 0 Å². The number of alkyl halides is 4. The Balaban J connectivity index is 3.44. The Bertz CT molecular complexity index is 493. The molecule has 0 saturated heterocycles. The smallest absolute Gasteiger partial charge is 0.258 e. The number of benzene rings is 1. The lowest BCUT2D eigenvalue weighted by molar-refractivity contribution is -0.386. The van der Waals surface area contributed by atoms with Crippen LogP contribution in [0.2, 0.25) is 0 Å². The van der Waals surface area contributed by atoms with E-state index in [4.69, 9.17) is 11.6 Å². The molecule has 20 heavy (non-hydrogen) atoms. The molecular weight excluding hydrogens is 295 g/mol. The lowest BCUT2D eigenvalue weighted by atomic mass is 9.84. The van der Waals surface area contributed by atoms with Crippen molar-refractivity contribution in [1.82, 2.24) is 0 Å². The SMILES string of the molecule is CC(C)C(c1ccc(C(F)(F)F)cc1[N+](=O)[O-])C(C)Cl. The molecule has 0 aliphatic heterocycles. The van der Waals surface area contributed by atoms with Crippen molar-refractivity contribution in [2.24, 2.45) is 5.92 Å². The maximum absolute atomic E-state index is 12.6. The Morgan fingerprint density at radius 3 is 2.15 bits per heavy atom. The monoisotopic (exact) mass is 309 g/mol. The molecule has 0 aromatic heterocycles. The van der Waals surface area contributed by atoms with Gasteiger partial charge in [-0.05, 0) is 18.9 Å². The number of hydrogen-bond donors (Lipinski definition) is 0. The van der Waals surface area contributed by atoms with Gasteiger partial charge in [-0.3, -0.25) is 10.1 Å². The van der Waals surface area contributed by atoms with Crippen LogP contribution in [0.5, 0.6) is 0 Å². The summed E-state index contributed by atoms with van der Waals surface area (Å²) in [7, 11) is 0. The van der Waals surface area contributed by atoms with Gasteiger partial charge in [0.2, 0.25) is 0 Å². The molecule has 0 spiro atoms. The summed E-state index contributed by atoms with van der Waals surface area (Å²) in [5.41, 5.74) is -1.33. The van der Waals surface area contributed by atoms with Crippen LogP contribution >= 0.6 is 11.6 Å². The highest BCUT2D eigenvalue weighted by Crippen LogP contribution is 2.39. The van der Waals surface area contributed by atoms with Gasteiger partial charge >= 0.3 is 6.18 Å². The van der Waals surface area contributed by atoms with Gasteiger partial charge in [0.15, 0.2) is 0 Å². The first-order valence-electron chi connectivity index (χ1n) is 6.05. The summed E-state index contributed by atoms with van der Waals surface area (Å²) in [6, 6.07) is 2.59. The zero-order valence-electron chi connectivity index (χ0n) is 11.2. The normalized spacial score (nSPS) is 15.2. The Kier molecular flexibility index (Phi) is 5.02. The van der Waals surface area contributed by atoms with Gasteiger partial charge in [-0.25, -0.2) is 0 Å². The van der Waals surface area contributed by atoms with Crippen molar-refractivity contribution in [3.05, 3.63) is 39.4 Å². The Hall–Kier alpha value is -1.30. The molecule has 0 aliphatic rings. The highest BCUT2D eigenvalue weighted by molar-refractivity contribution is 6.21. The van der Waals surface area contributed by atoms with Crippen molar-refractivity contribution in [3.8, 4) is 0 Å². The Morgan fingerprint density at radius 1 is 1.25 bits per heavy atom. The first-order valence-corrected chi connectivity index (χ1v) is 6.49. The molecule has 1 aromatic rings. The minimum absolute atomic E-state index is 0.0297. The number of halogens is 4. The summed E-state index contributed by atoms with van der Waals surface area (Å²) in [6.45, 7) is 5.32. The predicted octanol–water partition coefficient (Wildman–Crippen LogP) is 4.98. The molecule has 1 aromatic carbocycles. The standard InChI is InChI=1S/C13H15ClF3NO2/c1-7(2)12(8(3)14)10-5-4-9(13(15,16)17)6-11(10)18(19)20/h4-8,12H,1-3H3. The molecule has 1 rings (SSSR count). The summed E-state index contributed by atoms with van der Waals surface area (Å²) in [4.78, 5) is 10.3. The van der Waals surface area contributed by atoms with Crippen molar-refractivity contribution in [3.63, 3.8) is 0 Å². The summed E-state index contributed by atoms with van der Waals surface area (Å²) < 4.78 is 37.9. The lowest BCUT2D eigenvalue weighted by Crippen LogP contribution is -2.18. The van der Waals surface area contributed by atoms with E-state index in [9.17, 15) is 23.3 Å². The maximum atomic E-state index is 12.6. The molecule has 0 bridgehead atoms. The fraction of sp³-hybridized carbons (Fsp3) is 0.538. The molecule has 0 amide bonds. The molecule has 0 aliphatic carbocycles. The van der Waals surface area contributed by atoms with Gasteiger partial charge in [-0.2, -0.15) is 13.2 Å². The average Bonchev–Trinajstić information content (AvgIpc) is 2.26. The molecule has 0 N–H and O–H groups in total. The van der Waals surface area contributed by atoms with E-state index in [1.54, 1.807) is 6.92 Å². The minimum atomic E-state index is -4.61. The predicted molar refractivity (Wildman–Crippen MR) is 71.0 cm³/mol. The van der Waals surface area contributed by atoms with Gasteiger partial charge in [0.1, 0.15) is 0 Å². The quantitative estimate of drug-likeness (QED) is 0.447. The van der Waals surface area contributed by atoms with Crippen LogP contribution in [0.15, 0.2) is 18.2 Å². The second-order valence-corrected chi connectivity index (χ2v) is 5.66. The third-order valence-electron chi connectivity index (χ3n) is 3.13. The van der Waals surface area contributed by atoms with Crippen LogP contribution in [0.25, 0.3) is 0 Å². The number of rotatable bonds is 4. The highest BCUT2D eigenvalue weighted by atomic mass is 35.5. The molecular formula is C13H15ClF3NO2. The third-order valence-corrected chi connectivity index (χ3v) is 3.40. The zero-order chi connectivity index (χ0) is 15.7. The summed E-state index contributed by atoms with van der Waals surface area (Å²) in [5.74, 6) is -0.419. The second-order valence-electron chi connectivity index (χ2n) is 4.98. The Labute approximate surface area is 119 Å². The van der Waals surface area contributed by atoms with Crippen molar-refractivity contribution in [1.29, 1.82) is 0 Å². The van der Waals surface area contributed by atoms with E-state index in [0.29, 0.717) is 6.07 Å². The van der Waals surface area contributed by atoms with E-state index >= 15 is 0 Å². The van der Waals surface area contributed by atoms with E-state index in [1.807, 2.05) is 13.8 Å². The first-order chi connectivity index (χ1) is 9.05. The van der Waals surface area contributed by atoms with Crippen molar-refractivity contribution < 1.29 is 18.1 Å². The highest BCUT2D eigenvalue weighted by Gasteiger charge is 2.35. The molecule has 0 radical (unpaired) electrons. The molecule has 0 fully saturated rings. The molecule has 0 saturated carbocycles. The van der Waals surface area contributed by atoms with E-state index in [0.717, 1.165) is 12.1 Å². The largest absolute Gasteiger partial charge is 0.416 e. The van der Waals surface area contributed by atoms with Crippen LogP contribution < -0.4 is 0 Å². The summed E-state index contributed by atoms with van der Waals surface area (Å²) in [6.07, 6.45) is -4.61. The molecule has 3 nitrogen and oxygen atoms in total. The van der Waals surface area contributed by atoms with Crippen LogP contribution in [-0.2, 0) is 6.18 Å². The van der Waals surface area contributed by atoms with Gasteiger partial charge in [0.25, 0.3) is 5.69 Å². The second kappa shape index (κ2) is 5.99. The fourth-order valence-electron chi connectivity index (χ4n) is 2.30. The molecule has 7 heteroatoms. The molecule has 0 heterocycles. The Morgan fingerprint density at radius 2 is 1.80 bits per heavy atom. The number of nitrogens with zero attached hydrogens (tertiary/aromatic N) is 1. The summed E-state index contributed by atoms with van der Waals surface area (Å²) >= 11 is 6.03. The van der Waals surface area contributed by atoms with Crippen LogP contribution in [0, 0.1) is 16.0 Å². The van der Waals surface area contributed by atoms with E-state index in [1.165, 1.54) is 0 Å². The third kappa shape index (κ3) is 3.62. The van der Waals surface area contributed by atoms with Crippen molar-refractivity contribution in [2.45, 2.75) is 38.2 Å². The van der Waals surface area contributed by atoms with Crippen LogP contribution in [0.1, 0.15) is 37.8 Å². The van der Waals surface area contributed by atoms with E-state index in [-0.39, 0.29) is 17.4 Å². The van der Waals surface area contributed by atoms with E-state index < -0.39 is 27.7 Å². The molecule has 112 valence electrons. The number of nitro benzene ring substituents is 1. The van der Waals surface area contributed by atoms with Gasteiger partial charge in [-0.1, -0.05) is 19.9 Å². The maximum Gasteiger partial charge on any atom is 0.416 e. The van der Waals surface area contributed by atoms with Gasteiger partial charge in [-0.15, -0.1) is 11.6 Å². The lowest BCUT2D eigenvalue weighted by Gasteiger charge is -2.24. The average molecular weight is 310 g/mol. The topological polar surface area (TPSA) is 43.1 Å². The van der Waals surface area contributed by atoms with Crippen molar-refractivity contribution in [2.75, 3.05) is 0 Å². The van der Waals surface area contributed by atoms with Gasteiger partial charge in [0.05, 0.1) is 10.5 Å². The zero-order valence-corrected chi connectivity index (χ0v) is 12.0. The number of hydrogen-bond acceptors (Lipinski definition) is 2. The minimum Gasteiger partial charge on any atom is -0.258 e. The van der Waals surface area contributed by atoms with Crippen LogP contribution in [0.3, 0.4) is 0 Å². The van der Waals surface area contributed by atoms with Crippen molar-refractivity contribution >= 4 is 17.3 Å². The summed E-state index contributed by atoms with van der Waals surface area (Å²) in [5, 5.41) is 10.6.